The molecule has 0 radical (unpaired) electrons. The predicted molar refractivity (Wildman–Crippen MR) is 95.8 cm³/mol. The van der Waals surface area contributed by atoms with Crippen molar-refractivity contribution in [1.82, 2.24) is 4.98 Å². The summed E-state index contributed by atoms with van der Waals surface area (Å²) in [4.78, 5) is 3.33. The second kappa shape index (κ2) is 8.10. The molecule has 1 aliphatic rings. The Morgan fingerprint density at radius 1 is 1.23 bits per heavy atom. The van der Waals surface area contributed by atoms with Gasteiger partial charge in [-0.1, -0.05) is 6.07 Å². The van der Waals surface area contributed by atoms with Gasteiger partial charge in [0.25, 0.3) is 0 Å². The molecule has 0 saturated carbocycles. The molecule has 1 fully saturated rings. The van der Waals surface area contributed by atoms with Crippen LogP contribution in [-0.2, 0) is 20.8 Å². The van der Waals surface area contributed by atoms with Gasteiger partial charge in [0, 0.05) is 18.9 Å². The van der Waals surface area contributed by atoms with Gasteiger partial charge in [-0.25, -0.2) is 13.4 Å². The third-order valence-electron chi connectivity index (χ3n) is 5.03. The van der Waals surface area contributed by atoms with Gasteiger partial charge in [-0.2, -0.15) is 22.0 Å². The van der Waals surface area contributed by atoms with Gasteiger partial charge in [-0.3, -0.25) is 0 Å². The van der Waals surface area contributed by atoms with Gasteiger partial charge in [0.1, 0.15) is 0 Å². The first-order chi connectivity index (χ1) is 13.9. The Kier molecular flexibility index (Phi) is 6.06. The fraction of sp³-hybridized carbons (Fsp3) is 0.421. The molecule has 11 heteroatoms. The Hall–Kier alpha value is -2.27. The van der Waals surface area contributed by atoms with E-state index in [1.54, 1.807) is 0 Å². The van der Waals surface area contributed by atoms with Gasteiger partial charge in [0.05, 0.1) is 21.3 Å². The SMILES string of the molecule is CC1(S(=O)(=O)c2cccc(C(F)(F)F)c2)CCOC(c2ccc(OC(F)F)nc2)C1. The number of hydrogen-bond acceptors (Lipinski definition) is 5. The van der Waals surface area contributed by atoms with Crippen molar-refractivity contribution < 1.29 is 39.8 Å². The number of nitrogens with zero attached hydrogens (tertiary/aromatic N) is 1. The molecule has 0 N–H and O–H groups in total. The summed E-state index contributed by atoms with van der Waals surface area (Å²) in [5, 5.41) is 0. The lowest BCUT2D eigenvalue weighted by atomic mass is 9.93. The second-order valence-electron chi connectivity index (χ2n) is 7.10. The van der Waals surface area contributed by atoms with Crippen molar-refractivity contribution in [3.05, 3.63) is 53.7 Å². The summed E-state index contributed by atoms with van der Waals surface area (Å²) < 4.78 is 98.3. The van der Waals surface area contributed by atoms with Crippen molar-refractivity contribution in [2.75, 3.05) is 6.61 Å². The molecule has 2 atom stereocenters. The maximum atomic E-state index is 13.2. The molecule has 164 valence electrons. The molecule has 0 spiro atoms. The normalized spacial score (nSPS) is 22.8. The van der Waals surface area contributed by atoms with Crippen LogP contribution in [0.4, 0.5) is 22.0 Å². The first-order valence-electron chi connectivity index (χ1n) is 8.87. The molecule has 0 bridgehead atoms. The van der Waals surface area contributed by atoms with Crippen LogP contribution >= 0.6 is 0 Å². The van der Waals surface area contributed by atoms with Crippen molar-refractivity contribution in [1.29, 1.82) is 0 Å². The average molecular weight is 451 g/mol. The molecule has 2 aromatic rings. The Morgan fingerprint density at radius 2 is 1.97 bits per heavy atom. The van der Waals surface area contributed by atoms with Crippen LogP contribution in [0.15, 0.2) is 47.5 Å². The summed E-state index contributed by atoms with van der Waals surface area (Å²) >= 11 is 0. The smallest absolute Gasteiger partial charge is 0.416 e. The first-order valence-corrected chi connectivity index (χ1v) is 10.3. The van der Waals surface area contributed by atoms with E-state index in [1.165, 1.54) is 25.3 Å². The number of ether oxygens (including phenoxy) is 2. The standard InChI is InChI=1S/C19H18F5NO4S/c1-18(30(26,27)14-4-2-3-13(9-14)19(22,23)24)7-8-28-15(10-18)12-5-6-16(25-11-12)29-17(20)21/h2-6,9,11,15,17H,7-8,10H2,1H3. The minimum atomic E-state index is -4.67. The fourth-order valence-electron chi connectivity index (χ4n) is 3.30. The van der Waals surface area contributed by atoms with Crippen LogP contribution in [-0.4, -0.2) is 31.4 Å². The third kappa shape index (κ3) is 4.56. The highest BCUT2D eigenvalue weighted by Gasteiger charge is 2.45. The summed E-state index contributed by atoms with van der Waals surface area (Å²) in [6, 6.07) is 6.27. The minimum absolute atomic E-state index is 0.0394. The van der Waals surface area contributed by atoms with Crippen molar-refractivity contribution in [3.8, 4) is 5.88 Å². The molecule has 2 unspecified atom stereocenters. The van der Waals surface area contributed by atoms with E-state index in [1.807, 2.05) is 0 Å². The van der Waals surface area contributed by atoms with E-state index in [4.69, 9.17) is 4.74 Å². The maximum Gasteiger partial charge on any atom is 0.416 e. The summed E-state index contributed by atoms with van der Waals surface area (Å²) in [7, 11) is -4.13. The summed E-state index contributed by atoms with van der Waals surface area (Å²) in [6.07, 6.45) is -4.11. The van der Waals surface area contributed by atoms with Crippen LogP contribution < -0.4 is 4.74 Å². The van der Waals surface area contributed by atoms with Crippen molar-refractivity contribution in [2.24, 2.45) is 0 Å². The number of hydrogen-bond donors (Lipinski definition) is 0. The molecule has 1 aromatic carbocycles. The van der Waals surface area contributed by atoms with E-state index in [2.05, 4.69) is 9.72 Å². The fourth-order valence-corrected chi connectivity index (χ4v) is 5.13. The van der Waals surface area contributed by atoms with Crippen LogP contribution in [0.2, 0.25) is 0 Å². The molecule has 30 heavy (non-hydrogen) atoms. The predicted octanol–water partition coefficient (Wildman–Crippen LogP) is 4.79. The highest BCUT2D eigenvalue weighted by Crippen LogP contribution is 2.42. The summed E-state index contributed by atoms with van der Waals surface area (Å²) in [5.41, 5.74) is -0.601. The molecule has 1 saturated heterocycles. The van der Waals surface area contributed by atoms with E-state index in [0.29, 0.717) is 11.6 Å². The van der Waals surface area contributed by atoms with E-state index in [-0.39, 0.29) is 25.3 Å². The lowest BCUT2D eigenvalue weighted by Gasteiger charge is -2.37. The van der Waals surface area contributed by atoms with Gasteiger partial charge in [0.2, 0.25) is 5.88 Å². The quantitative estimate of drug-likeness (QED) is 0.612. The minimum Gasteiger partial charge on any atom is -0.417 e. The van der Waals surface area contributed by atoms with Crippen LogP contribution in [0.25, 0.3) is 0 Å². The third-order valence-corrected chi connectivity index (χ3v) is 7.57. The average Bonchev–Trinajstić information content (AvgIpc) is 2.67. The van der Waals surface area contributed by atoms with E-state index < -0.39 is 43.9 Å². The molecular formula is C19H18F5NO4S. The number of pyridine rings is 1. The second-order valence-corrected chi connectivity index (χ2v) is 9.56. The monoisotopic (exact) mass is 451 g/mol. The first kappa shape index (κ1) is 22.4. The molecule has 5 nitrogen and oxygen atoms in total. The highest BCUT2D eigenvalue weighted by atomic mass is 32.2. The molecular weight excluding hydrogens is 433 g/mol. The number of aromatic nitrogens is 1. The highest BCUT2D eigenvalue weighted by molar-refractivity contribution is 7.92. The van der Waals surface area contributed by atoms with Gasteiger partial charge in [0.15, 0.2) is 9.84 Å². The zero-order valence-electron chi connectivity index (χ0n) is 15.7. The lowest BCUT2D eigenvalue weighted by molar-refractivity contribution is -0.137. The summed E-state index contributed by atoms with van der Waals surface area (Å²) in [5.74, 6) is -0.302. The number of benzene rings is 1. The Labute approximate surface area is 169 Å². The molecule has 3 rings (SSSR count). The van der Waals surface area contributed by atoms with E-state index in [0.717, 1.165) is 18.2 Å². The molecule has 1 aromatic heterocycles. The molecule has 0 amide bonds. The van der Waals surface area contributed by atoms with Crippen LogP contribution in [0, 0.1) is 0 Å². The van der Waals surface area contributed by atoms with Crippen LogP contribution in [0.5, 0.6) is 5.88 Å². The number of halogens is 5. The van der Waals surface area contributed by atoms with Gasteiger partial charge in [-0.05, 0) is 49.6 Å². The van der Waals surface area contributed by atoms with Crippen molar-refractivity contribution in [2.45, 2.75) is 48.3 Å². The summed E-state index contributed by atoms with van der Waals surface area (Å²) in [6.45, 7) is -1.52. The van der Waals surface area contributed by atoms with E-state index in [9.17, 15) is 30.4 Å². The Balaban J connectivity index is 1.87. The lowest BCUT2D eigenvalue weighted by Crippen LogP contribution is -2.42. The van der Waals surface area contributed by atoms with E-state index >= 15 is 0 Å². The van der Waals surface area contributed by atoms with Gasteiger partial charge >= 0.3 is 12.8 Å². The van der Waals surface area contributed by atoms with Crippen LogP contribution in [0.1, 0.15) is 37.0 Å². The van der Waals surface area contributed by atoms with Gasteiger partial charge in [-0.15, -0.1) is 0 Å². The topological polar surface area (TPSA) is 65.5 Å². The molecule has 2 heterocycles. The van der Waals surface area contributed by atoms with Crippen LogP contribution in [0.3, 0.4) is 0 Å². The number of sulfone groups is 1. The Morgan fingerprint density at radius 3 is 2.57 bits per heavy atom. The van der Waals surface area contributed by atoms with Gasteiger partial charge < -0.3 is 9.47 Å². The molecule has 0 aliphatic carbocycles. The van der Waals surface area contributed by atoms with Crippen molar-refractivity contribution in [3.63, 3.8) is 0 Å². The number of rotatable bonds is 5. The Bertz CT molecular complexity index is 995. The maximum absolute atomic E-state index is 13.2. The largest absolute Gasteiger partial charge is 0.417 e. The van der Waals surface area contributed by atoms with Crippen molar-refractivity contribution >= 4 is 9.84 Å². The zero-order valence-corrected chi connectivity index (χ0v) is 16.5. The zero-order chi connectivity index (χ0) is 22.2. The number of alkyl halides is 5. The molecule has 1 aliphatic heterocycles.